The second-order valence-corrected chi connectivity index (χ2v) is 5.64. The number of hydrogen-bond donors (Lipinski definition) is 1. The molecule has 2 aromatic heterocycles. The molecule has 0 amide bonds. The Bertz CT molecular complexity index is 808. The highest BCUT2D eigenvalue weighted by atomic mass is 79.9. The highest BCUT2D eigenvalue weighted by Crippen LogP contribution is 2.34. The molecule has 0 spiro atoms. The number of nitrogens with zero attached hydrogens (tertiary/aromatic N) is 3. The van der Waals surface area contributed by atoms with Gasteiger partial charge in [0.1, 0.15) is 11.3 Å². The highest BCUT2D eigenvalue weighted by Gasteiger charge is 2.17. The maximum Gasteiger partial charge on any atom is 0.207 e. The summed E-state index contributed by atoms with van der Waals surface area (Å²) in [7, 11) is 0. The molecule has 0 aliphatic rings. The van der Waals surface area contributed by atoms with Gasteiger partial charge in [-0.25, -0.2) is 14.4 Å². The Labute approximate surface area is 127 Å². The third-order valence-electron chi connectivity index (χ3n) is 2.87. The van der Waals surface area contributed by atoms with Crippen LogP contribution >= 0.6 is 27.5 Å². The van der Waals surface area contributed by atoms with Crippen molar-refractivity contribution >= 4 is 44.6 Å². The van der Waals surface area contributed by atoms with E-state index in [2.05, 4.69) is 25.9 Å². The Morgan fingerprint density at radius 1 is 1.35 bits per heavy atom. The van der Waals surface area contributed by atoms with Gasteiger partial charge in [-0.15, -0.1) is 0 Å². The summed E-state index contributed by atoms with van der Waals surface area (Å²) < 4.78 is 15.4. The maximum absolute atomic E-state index is 13.3. The fourth-order valence-electron chi connectivity index (χ4n) is 2.05. The fourth-order valence-corrected chi connectivity index (χ4v) is 3.07. The minimum atomic E-state index is -0.433. The number of pyridine rings is 1. The minimum Gasteiger partial charge on any atom is -0.369 e. The normalized spacial score (nSPS) is 11.2. The summed E-state index contributed by atoms with van der Waals surface area (Å²) in [6, 6.07) is 4.42. The van der Waals surface area contributed by atoms with Crippen LogP contribution in [0.4, 0.5) is 10.3 Å². The predicted octanol–water partition coefficient (Wildman–Crippen LogP) is 3.87. The molecule has 0 atom stereocenters. The summed E-state index contributed by atoms with van der Waals surface area (Å²) in [5, 5.41) is 0.227. The molecule has 0 radical (unpaired) electrons. The lowest BCUT2D eigenvalue weighted by molar-refractivity contribution is 0.626. The summed E-state index contributed by atoms with van der Waals surface area (Å²) in [6.07, 6.45) is 1.71. The average molecular weight is 356 g/mol. The zero-order chi connectivity index (χ0) is 14.4. The molecule has 2 N–H and O–H groups in total. The number of nitrogen functional groups attached to an aromatic ring is 1. The first-order chi connectivity index (χ1) is 9.47. The van der Waals surface area contributed by atoms with E-state index >= 15 is 0 Å². The maximum atomic E-state index is 13.3. The first-order valence-electron chi connectivity index (χ1n) is 5.73. The van der Waals surface area contributed by atoms with E-state index in [1.807, 2.05) is 13.0 Å². The number of fused-ring (bicyclic) bond motifs is 1. The van der Waals surface area contributed by atoms with E-state index in [4.69, 9.17) is 17.3 Å². The Kier molecular flexibility index (Phi) is 3.14. The Hall–Kier alpha value is -1.66. The van der Waals surface area contributed by atoms with E-state index in [0.29, 0.717) is 21.3 Å². The van der Waals surface area contributed by atoms with Crippen LogP contribution in [0, 0.1) is 12.7 Å². The number of imidazole rings is 1. The molecule has 3 aromatic rings. The second-order valence-electron chi connectivity index (χ2n) is 4.38. The number of anilines is 1. The van der Waals surface area contributed by atoms with Crippen molar-refractivity contribution in [1.82, 2.24) is 14.5 Å². The van der Waals surface area contributed by atoms with Gasteiger partial charge in [0.2, 0.25) is 5.95 Å². The molecule has 0 saturated heterocycles. The van der Waals surface area contributed by atoms with Gasteiger partial charge in [0, 0.05) is 10.7 Å². The molecule has 102 valence electrons. The first-order valence-corrected chi connectivity index (χ1v) is 6.90. The van der Waals surface area contributed by atoms with Crippen molar-refractivity contribution in [1.29, 1.82) is 0 Å². The topological polar surface area (TPSA) is 56.7 Å². The van der Waals surface area contributed by atoms with E-state index in [0.717, 1.165) is 5.56 Å². The number of aryl methyl sites for hydroxylation is 1. The standard InChI is InChI=1S/C13H9BrClFN4/c1-6-2-10-12(18-5-6)20(13(17)19-10)11-8(14)3-7(16)4-9(11)15/h2-5H,1H3,(H2,17,19). The van der Waals surface area contributed by atoms with Gasteiger partial charge in [-0.2, -0.15) is 0 Å². The summed E-state index contributed by atoms with van der Waals surface area (Å²) in [5.41, 5.74) is 8.68. The van der Waals surface area contributed by atoms with Crippen molar-refractivity contribution in [2.45, 2.75) is 6.92 Å². The van der Waals surface area contributed by atoms with Crippen molar-refractivity contribution < 1.29 is 4.39 Å². The smallest absolute Gasteiger partial charge is 0.207 e. The van der Waals surface area contributed by atoms with Gasteiger partial charge in [-0.3, -0.25) is 4.57 Å². The third-order valence-corrected chi connectivity index (χ3v) is 3.76. The zero-order valence-electron chi connectivity index (χ0n) is 10.4. The lowest BCUT2D eigenvalue weighted by Gasteiger charge is -2.10. The summed E-state index contributed by atoms with van der Waals surface area (Å²) in [6.45, 7) is 1.92. The molecule has 1 aromatic carbocycles. The predicted molar refractivity (Wildman–Crippen MR) is 80.7 cm³/mol. The summed E-state index contributed by atoms with van der Waals surface area (Å²) in [4.78, 5) is 8.59. The zero-order valence-corrected chi connectivity index (χ0v) is 12.7. The molecule has 0 unspecified atom stereocenters. The molecule has 0 aliphatic heterocycles. The van der Waals surface area contributed by atoms with Crippen molar-refractivity contribution in [3.05, 3.63) is 45.3 Å². The monoisotopic (exact) mass is 354 g/mol. The van der Waals surface area contributed by atoms with Crippen LogP contribution in [0.25, 0.3) is 16.9 Å². The molecule has 2 heterocycles. The van der Waals surface area contributed by atoms with Crippen LogP contribution in [0.3, 0.4) is 0 Å². The van der Waals surface area contributed by atoms with Crippen LogP contribution in [-0.4, -0.2) is 14.5 Å². The number of rotatable bonds is 1. The lowest BCUT2D eigenvalue weighted by Crippen LogP contribution is -2.03. The molecule has 0 saturated carbocycles. The van der Waals surface area contributed by atoms with Gasteiger partial charge in [0.25, 0.3) is 0 Å². The van der Waals surface area contributed by atoms with Crippen molar-refractivity contribution in [2.24, 2.45) is 0 Å². The molecule has 0 fully saturated rings. The number of hydrogen-bond acceptors (Lipinski definition) is 3. The summed E-state index contributed by atoms with van der Waals surface area (Å²) in [5.74, 6) is -0.190. The van der Waals surface area contributed by atoms with Crippen LogP contribution in [0.15, 0.2) is 28.9 Å². The molecule has 0 aliphatic carbocycles. The van der Waals surface area contributed by atoms with Crippen LogP contribution in [0.2, 0.25) is 5.02 Å². The van der Waals surface area contributed by atoms with Crippen LogP contribution in [-0.2, 0) is 0 Å². The first kappa shape index (κ1) is 13.3. The Balaban J connectivity index is 2.38. The molecule has 3 rings (SSSR count). The summed E-state index contributed by atoms with van der Waals surface area (Å²) >= 11 is 9.43. The second kappa shape index (κ2) is 4.71. The third kappa shape index (κ3) is 2.05. The number of benzene rings is 1. The molecule has 0 bridgehead atoms. The SMILES string of the molecule is Cc1cnc2c(c1)nc(N)n2-c1c(Cl)cc(F)cc1Br. The van der Waals surface area contributed by atoms with E-state index in [1.165, 1.54) is 12.1 Å². The molecule has 7 heteroatoms. The number of nitrogens with two attached hydrogens (primary N) is 1. The van der Waals surface area contributed by atoms with E-state index < -0.39 is 5.82 Å². The highest BCUT2D eigenvalue weighted by molar-refractivity contribution is 9.10. The quantitative estimate of drug-likeness (QED) is 0.721. The van der Waals surface area contributed by atoms with Crippen LogP contribution in [0.5, 0.6) is 0 Å². The molecular weight excluding hydrogens is 347 g/mol. The van der Waals surface area contributed by atoms with Gasteiger partial charge >= 0.3 is 0 Å². The van der Waals surface area contributed by atoms with Gasteiger partial charge in [0.05, 0.1) is 10.7 Å². The van der Waals surface area contributed by atoms with Gasteiger partial charge < -0.3 is 5.73 Å². The average Bonchev–Trinajstić information content (AvgIpc) is 2.64. The van der Waals surface area contributed by atoms with Gasteiger partial charge in [-0.05, 0) is 46.6 Å². The van der Waals surface area contributed by atoms with Crippen LogP contribution in [0.1, 0.15) is 5.56 Å². The Morgan fingerprint density at radius 3 is 2.80 bits per heavy atom. The van der Waals surface area contributed by atoms with Gasteiger partial charge in [-0.1, -0.05) is 11.6 Å². The molecule has 4 nitrogen and oxygen atoms in total. The number of aromatic nitrogens is 3. The molecular formula is C13H9BrClFN4. The number of halogens is 3. The van der Waals surface area contributed by atoms with Crippen molar-refractivity contribution in [3.63, 3.8) is 0 Å². The Morgan fingerprint density at radius 2 is 2.10 bits per heavy atom. The van der Waals surface area contributed by atoms with Crippen molar-refractivity contribution in [3.8, 4) is 5.69 Å². The van der Waals surface area contributed by atoms with Gasteiger partial charge in [0.15, 0.2) is 5.65 Å². The minimum absolute atomic E-state index is 0.227. The van der Waals surface area contributed by atoms with Crippen molar-refractivity contribution in [2.75, 3.05) is 5.73 Å². The van der Waals surface area contributed by atoms with E-state index in [-0.39, 0.29) is 11.0 Å². The van der Waals surface area contributed by atoms with E-state index in [1.54, 1.807) is 10.8 Å². The lowest BCUT2D eigenvalue weighted by atomic mass is 10.3. The van der Waals surface area contributed by atoms with Crippen LogP contribution < -0.4 is 5.73 Å². The molecule has 20 heavy (non-hydrogen) atoms. The fraction of sp³-hybridized carbons (Fsp3) is 0.0769. The largest absolute Gasteiger partial charge is 0.369 e. The van der Waals surface area contributed by atoms with E-state index in [9.17, 15) is 4.39 Å².